The zero-order valence-corrected chi connectivity index (χ0v) is 23.5. The number of rotatable bonds is 11. The molecule has 0 bridgehead atoms. The SMILES string of the molecule is COCCCN(CC(=O)N1CCc2sccc2C1COc1ccc(Cl)c(C)c1)C(=O)c1cccc(OC)c1. The summed E-state index contributed by atoms with van der Waals surface area (Å²) < 4.78 is 16.6. The molecule has 0 spiro atoms. The molecule has 0 aliphatic carbocycles. The third-order valence-corrected chi connectivity index (χ3v) is 8.08. The molecule has 2 amide bonds. The average molecular weight is 557 g/mol. The van der Waals surface area contributed by atoms with Gasteiger partial charge in [-0.15, -0.1) is 11.3 Å². The number of carbonyl (C=O) groups is 2. The number of amides is 2. The summed E-state index contributed by atoms with van der Waals surface area (Å²) in [5.41, 5.74) is 2.51. The summed E-state index contributed by atoms with van der Waals surface area (Å²) >= 11 is 7.87. The predicted octanol–water partition coefficient (Wildman–Crippen LogP) is 5.40. The van der Waals surface area contributed by atoms with Crippen LogP contribution in [0.2, 0.25) is 5.02 Å². The number of fused-ring (bicyclic) bond motifs is 1. The summed E-state index contributed by atoms with van der Waals surface area (Å²) in [7, 11) is 3.18. The van der Waals surface area contributed by atoms with E-state index in [1.165, 1.54) is 4.88 Å². The summed E-state index contributed by atoms with van der Waals surface area (Å²) in [5.74, 6) is 0.966. The number of aryl methyl sites for hydroxylation is 1. The van der Waals surface area contributed by atoms with E-state index in [2.05, 4.69) is 11.4 Å². The Labute approximate surface area is 232 Å². The Bertz CT molecular complexity index is 1260. The molecule has 1 unspecified atom stereocenters. The van der Waals surface area contributed by atoms with Crippen LogP contribution in [0.3, 0.4) is 0 Å². The number of thiophene rings is 1. The summed E-state index contributed by atoms with van der Waals surface area (Å²) in [6.45, 7) is 3.67. The van der Waals surface area contributed by atoms with E-state index in [1.54, 1.807) is 54.7 Å². The summed E-state index contributed by atoms with van der Waals surface area (Å²) in [5, 5.41) is 2.74. The van der Waals surface area contributed by atoms with E-state index < -0.39 is 0 Å². The highest BCUT2D eigenvalue weighted by Crippen LogP contribution is 2.34. The fraction of sp³-hybridized carbons (Fsp3) is 0.379. The lowest BCUT2D eigenvalue weighted by atomic mass is 10.00. The number of benzene rings is 2. The van der Waals surface area contributed by atoms with Gasteiger partial charge in [0.15, 0.2) is 0 Å². The van der Waals surface area contributed by atoms with Crippen molar-refractivity contribution < 1.29 is 23.8 Å². The fourth-order valence-corrected chi connectivity index (χ4v) is 5.65. The van der Waals surface area contributed by atoms with E-state index >= 15 is 0 Å². The molecule has 1 atom stereocenters. The molecule has 1 aliphatic heterocycles. The summed E-state index contributed by atoms with van der Waals surface area (Å²) in [6, 6.07) is 14.4. The van der Waals surface area contributed by atoms with Crippen molar-refractivity contribution in [1.82, 2.24) is 9.80 Å². The molecule has 0 saturated carbocycles. The van der Waals surface area contributed by atoms with Crippen molar-refractivity contribution in [3.05, 3.63) is 80.5 Å². The molecule has 0 saturated heterocycles. The van der Waals surface area contributed by atoms with Gasteiger partial charge < -0.3 is 24.0 Å². The quantitative estimate of drug-likeness (QED) is 0.296. The number of hydrogen-bond donors (Lipinski definition) is 0. The molecule has 202 valence electrons. The van der Waals surface area contributed by atoms with Crippen LogP contribution in [0.25, 0.3) is 0 Å². The second-order valence-corrected chi connectivity index (χ2v) is 10.6. The highest BCUT2D eigenvalue weighted by molar-refractivity contribution is 7.10. The van der Waals surface area contributed by atoms with Crippen LogP contribution in [-0.2, 0) is 16.0 Å². The van der Waals surface area contributed by atoms with Crippen molar-refractivity contribution in [2.75, 3.05) is 47.1 Å². The van der Waals surface area contributed by atoms with E-state index in [4.69, 9.17) is 25.8 Å². The Morgan fingerprint density at radius 2 is 1.97 bits per heavy atom. The molecule has 38 heavy (non-hydrogen) atoms. The zero-order chi connectivity index (χ0) is 27.1. The highest BCUT2D eigenvalue weighted by Gasteiger charge is 2.33. The van der Waals surface area contributed by atoms with Gasteiger partial charge in [0.05, 0.1) is 13.2 Å². The fourth-order valence-electron chi connectivity index (χ4n) is 4.60. The summed E-state index contributed by atoms with van der Waals surface area (Å²) in [4.78, 5) is 31.9. The maximum absolute atomic E-state index is 13.8. The first-order valence-electron chi connectivity index (χ1n) is 12.6. The molecule has 4 rings (SSSR count). The number of ether oxygens (including phenoxy) is 3. The molecule has 1 aliphatic rings. The number of nitrogens with zero attached hydrogens (tertiary/aromatic N) is 2. The van der Waals surface area contributed by atoms with Gasteiger partial charge in [-0.3, -0.25) is 9.59 Å². The molecule has 0 fully saturated rings. The Morgan fingerprint density at radius 3 is 2.74 bits per heavy atom. The van der Waals surface area contributed by atoms with Crippen molar-refractivity contribution in [3.63, 3.8) is 0 Å². The lowest BCUT2D eigenvalue weighted by molar-refractivity contribution is -0.135. The van der Waals surface area contributed by atoms with Gasteiger partial charge in [0.2, 0.25) is 5.91 Å². The molecule has 2 aromatic carbocycles. The van der Waals surface area contributed by atoms with E-state index in [-0.39, 0.29) is 24.4 Å². The van der Waals surface area contributed by atoms with Gasteiger partial charge in [-0.25, -0.2) is 0 Å². The minimum Gasteiger partial charge on any atom is -0.497 e. The number of hydrogen-bond acceptors (Lipinski definition) is 6. The molecule has 1 aromatic heterocycles. The Morgan fingerprint density at radius 1 is 1.13 bits per heavy atom. The van der Waals surface area contributed by atoms with Crippen LogP contribution in [-0.4, -0.2) is 68.7 Å². The maximum atomic E-state index is 13.8. The Kier molecular flexibility index (Phi) is 9.66. The van der Waals surface area contributed by atoms with Crippen molar-refractivity contribution >= 4 is 34.8 Å². The summed E-state index contributed by atoms with van der Waals surface area (Å²) in [6.07, 6.45) is 1.40. The average Bonchev–Trinajstić information content (AvgIpc) is 3.42. The van der Waals surface area contributed by atoms with Gasteiger partial charge in [-0.2, -0.15) is 0 Å². The van der Waals surface area contributed by atoms with Crippen molar-refractivity contribution in [3.8, 4) is 11.5 Å². The van der Waals surface area contributed by atoms with Crippen molar-refractivity contribution in [2.45, 2.75) is 25.8 Å². The van der Waals surface area contributed by atoms with Crippen LogP contribution in [0.15, 0.2) is 53.9 Å². The molecule has 2 heterocycles. The van der Waals surface area contributed by atoms with E-state index in [1.807, 2.05) is 30.0 Å². The second kappa shape index (κ2) is 13.1. The standard InChI is InChI=1S/C29H33ClN2O5S/c1-20-16-23(8-9-25(20)30)37-19-26-24-11-15-38-27(24)10-13-32(26)28(33)18-31(12-5-14-35-2)29(34)21-6-4-7-22(17-21)36-3/h4,6-9,11,15-17,26H,5,10,12-14,18-19H2,1-3H3. The van der Waals surface area contributed by atoms with Gasteiger partial charge in [0, 0.05) is 42.3 Å². The van der Waals surface area contributed by atoms with Crippen LogP contribution >= 0.6 is 22.9 Å². The molecule has 9 heteroatoms. The van der Waals surface area contributed by atoms with E-state index in [0.29, 0.717) is 54.8 Å². The van der Waals surface area contributed by atoms with Gasteiger partial charge in [-0.05, 0) is 78.7 Å². The first-order valence-corrected chi connectivity index (χ1v) is 13.8. The molecular formula is C29H33ClN2O5S. The maximum Gasteiger partial charge on any atom is 0.254 e. The molecule has 3 aromatic rings. The van der Waals surface area contributed by atoms with Crippen LogP contribution in [0, 0.1) is 6.92 Å². The number of halogens is 1. The van der Waals surface area contributed by atoms with Crippen molar-refractivity contribution in [1.29, 1.82) is 0 Å². The molecule has 0 radical (unpaired) electrons. The molecular weight excluding hydrogens is 524 g/mol. The molecule has 0 N–H and O–H groups in total. The van der Waals surface area contributed by atoms with Crippen LogP contribution in [0.1, 0.15) is 38.8 Å². The largest absolute Gasteiger partial charge is 0.497 e. The topological polar surface area (TPSA) is 68.3 Å². The normalized spacial score (nSPS) is 14.6. The predicted molar refractivity (Wildman–Crippen MR) is 150 cm³/mol. The first kappa shape index (κ1) is 28.0. The third-order valence-electron chi connectivity index (χ3n) is 6.66. The lowest BCUT2D eigenvalue weighted by Gasteiger charge is -2.37. The number of carbonyl (C=O) groups excluding carboxylic acids is 2. The van der Waals surface area contributed by atoms with Gasteiger partial charge in [-0.1, -0.05) is 17.7 Å². The Balaban J connectivity index is 1.53. The van der Waals surface area contributed by atoms with E-state index in [9.17, 15) is 9.59 Å². The third kappa shape index (κ3) is 6.67. The smallest absolute Gasteiger partial charge is 0.254 e. The van der Waals surface area contributed by atoms with Crippen LogP contribution < -0.4 is 9.47 Å². The first-order chi connectivity index (χ1) is 18.4. The lowest BCUT2D eigenvalue weighted by Crippen LogP contribution is -2.48. The van der Waals surface area contributed by atoms with Gasteiger partial charge in [0.25, 0.3) is 5.91 Å². The van der Waals surface area contributed by atoms with Gasteiger partial charge in [0.1, 0.15) is 24.7 Å². The van der Waals surface area contributed by atoms with Gasteiger partial charge >= 0.3 is 0 Å². The Hall–Kier alpha value is -3.07. The van der Waals surface area contributed by atoms with Crippen molar-refractivity contribution in [2.24, 2.45) is 0 Å². The highest BCUT2D eigenvalue weighted by atomic mass is 35.5. The number of methoxy groups -OCH3 is 2. The minimum atomic E-state index is -0.249. The second-order valence-electron chi connectivity index (χ2n) is 9.18. The molecule has 7 nitrogen and oxygen atoms in total. The monoisotopic (exact) mass is 556 g/mol. The van der Waals surface area contributed by atoms with Crippen LogP contribution in [0.4, 0.5) is 0 Å². The minimum absolute atomic E-state index is 0.0320. The van der Waals surface area contributed by atoms with E-state index in [0.717, 1.165) is 17.5 Å². The zero-order valence-electron chi connectivity index (χ0n) is 21.9. The van der Waals surface area contributed by atoms with Crippen LogP contribution in [0.5, 0.6) is 11.5 Å².